The number of ether oxygens (including phenoxy) is 2. The maximum absolute atomic E-state index is 14.3. The molecule has 0 saturated carbocycles. The number of aromatic carboxylic acids is 1. The molecule has 0 spiro atoms. The smallest absolute Gasteiger partial charge is 0.335 e. The summed E-state index contributed by atoms with van der Waals surface area (Å²) in [5.74, 6) is -1.22. The van der Waals surface area contributed by atoms with Gasteiger partial charge < -0.3 is 29.9 Å². The number of rotatable bonds is 9. The number of benzene rings is 3. The molecule has 0 radical (unpaired) electrons. The Morgan fingerprint density at radius 2 is 1.74 bits per heavy atom. The molecule has 4 rings (SSSR count). The van der Waals surface area contributed by atoms with E-state index in [1.165, 1.54) is 0 Å². The van der Waals surface area contributed by atoms with Crippen LogP contribution in [0.2, 0.25) is 0 Å². The lowest BCUT2D eigenvalue weighted by Crippen LogP contribution is -2.47. The summed E-state index contributed by atoms with van der Waals surface area (Å²) in [5.41, 5.74) is 2.51. The minimum Gasteiger partial charge on any atom is -0.490 e. The van der Waals surface area contributed by atoms with Crippen LogP contribution in [0, 0.1) is 5.92 Å². The summed E-state index contributed by atoms with van der Waals surface area (Å²) in [6.07, 6.45) is 2.13. The standard InChI is InChI=1S/C37H47N3O7/c1-25-21-40(26(2)24-41)36(43)32-20-31(38-35(42)29-11-6-5-7-12-29)17-18-33(32)47-27(3)10-8-9-19-46-34(25)23-39(4)22-28-13-15-30(16-14-28)37(44)45/h5-7,11-18,20,25-27,34,41H,8-10,19,21-24H2,1-4H3,(H,38,42)(H,44,45)/t25-,26+,27+,34-/m0/s1. The van der Waals surface area contributed by atoms with Crippen LogP contribution in [0.15, 0.2) is 72.8 Å². The van der Waals surface area contributed by atoms with Crippen LogP contribution in [-0.4, -0.2) is 89.4 Å². The zero-order chi connectivity index (χ0) is 33.9. The average molecular weight is 646 g/mol. The molecule has 10 nitrogen and oxygen atoms in total. The number of amides is 2. The molecule has 0 bridgehead atoms. The fraction of sp³-hybridized carbons (Fsp3) is 0.432. The highest BCUT2D eigenvalue weighted by Gasteiger charge is 2.30. The van der Waals surface area contributed by atoms with Crippen LogP contribution in [0.5, 0.6) is 5.75 Å². The normalized spacial score (nSPS) is 20.1. The van der Waals surface area contributed by atoms with Crippen molar-refractivity contribution >= 4 is 23.5 Å². The number of carbonyl (C=O) groups is 3. The fourth-order valence-corrected chi connectivity index (χ4v) is 5.69. The molecule has 252 valence electrons. The number of carbonyl (C=O) groups excluding carboxylic acids is 2. The Labute approximate surface area is 277 Å². The summed E-state index contributed by atoms with van der Waals surface area (Å²) in [5, 5.41) is 22.4. The number of nitrogens with zero attached hydrogens (tertiary/aromatic N) is 2. The maximum Gasteiger partial charge on any atom is 0.335 e. The molecule has 1 aliphatic rings. The van der Waals surface area contributed by atoms with E-state index in [0.29, 0.717) is 48.8 Å². The Morgan fingerprint density at radius 3 is 2.43 bits per heavy atom. The number of aliphatic hydroxyl groups excluding tert-OH is 1. The number of likely N-dealkylation sites (N-methyl/N-ethyl adjacent to an activating group) is 1. The van der Waals surface area contributed by atoms with Gasteiger partial charge in [0.15, 0.2) is 0 Å². The lowest BCUT2D eigenvalue weighted by Gasteiger charge is -2.36. The van der Waals surface area contributed by atoms with Crippen molar-refractivity contribution in [2.75, 3.05) is 38.7 Å². The SMILES string of the molecule is C[C@@H]1CCCCO[C@@H](CN(C)Cc2ccc(C(=O)O)cc2)[C@@H](C)CN([C@H](C)CO)C(=O)c2cc(NC(=O)c3ccccc3)ccc2O1. The Morgan fingerprint density at radius 1 is 1.02 bits per heavy atom. The van der Waals surface area contributed by atoms with E-state index in [9.17, 15) is 24.6 Å². The number of carboxylic acids is 1. The molecule has 0 unspecified atom stereocenters. The third kappa shape index (κ3) is 10.1. The number of anilines is 1. The Balaban J connectivity index is 1.59. The zero-order valence-corrected chi connectivity index (χ0v) is 27.7. The largest absolute Gasteiger partial charge is 0.490 e. The molecule has 1 heterocycles. The highest BCUT2D eigenvalue weighted by Crippen LogP contribution is 2.29. The van der Waals surface area contributed by atoms with E-state index in [-0.39, 0.29) is 42.1 Å². The van der Waals surface area contributed by atoms with Crippen LogP contribution >= 0.6 is 0 Å². The van der Waals surface area contributed by atoms with E-state index in [4.69, 9.17) is 9.47 Å². The van der Waals surface area contributed by atoms with E-state index < -0.39 is 12.0 Å². The van der Waals surface area contributed by atoms with Gasteiger partial charge in [-0.2, -0.15) is 0 Å². The molecule has 4 atom stereocenters. The second-order valence-corrected chi connectivity index (χ2v) is 12.5. The number of nitrogens with one attached hydrogen (secondary N) is 1. The van der Waals surface area contributed by atoms with E-state index >= 15 is 0 Å². The highest BCUT2D eigenvalue weighted by atomic mass is 16.5. The average Bonchev–Trinajstić information content (AvgIpc) is 3.06. The molecule has 1 aliphatic heterocycles. The molecular formula is C37H47N3O7. The van der Waals surface area contributed by atoms with Crippen molar-refractivity contribution in [2.24, 2.45) is 5.92 Å². The summed E-state index contributed by atoms with van der Waals surface area (Å²) in [6, 6.07) is 20.3. The minimum atomic E-state index is -0.959. The van der Waals surface area contributed by atoms with Gasteiger partial charge >= 0.3 is 5.97 Å². The maximum atomic E-state index is 14.3. The highest BCUT2D eigenvalue weighted by molar-refractivity contribution is 6.05. The van der Waals surface area contributed by atoms with Crippen LogP contribution in [0.25, 0.3) is 0 Å². The Hall–Kier alpha value is -4.25. The van der Waals surface area contributed by atoms with Gasteiger partial charge in [0.05, 0.1) is 36.0 Å². The fourth-order valence-electron chi connectivity index (χ4n) is 5.69. The monoisotopic (exact) mass is 645 g/mol. The first-order chi connectivity index (χ1) is 22.5. The lowest BCUT2D eigenvalue weighted by atomic mass is 10.0. The van der Waals surface area contributed by atoms with Crippen LogP contribution in [0.1, 0.15) is 76.7 Å². The second-order valence-electron chi connectivity index (χ2n) is 12.5. The van der Waals surface area contributed by atoms with Crippen molar-refractivity contribution in [3.8, 4) is 5.75 Å². The number of aliphatic hydroxyl groups is 1. The van der Waals surface area contributed by atoms with Crippen LogP contribution in [-0.2, 0) is 11.3 Å². The van der Waals surface area contributed by atoms with Gasteiger partial charge in [0.1, 0.15) is 5.75 Å². The number of hydrogen-bond acceptors (Lipinski definition) is 7. The van der Waals surface area contributed by atoms with Crippen LogP contribution in [0.4, 0.5) is 5.69 Å². The summed E-state index contributed by atoms with van der Waals surface area (Å²) in [6.45, 7) is 7.67. The van der Waals surface area contributed by atoms with Crippen molar-refractivity contribution in [3.05, 3.63) is 95.1 Å². The molecule has 2 amide bonds. The van der Waals surface area contributed by atoms with Crippen molar-refractivity contribution in [3.63, 3.8) is 0 Å². The van der Waals surface area contributed by atoms with Crippen molar-refractivity contribution in [2.45, 2.75) is 64.8 Å². The minimum absolute atomic E-state index is 0.100. The molecule has 10 heteroatoms. The van der Waals surface area contributed by atoms with Gasteiger partial charge in [0.2, 0.25) is 0 Å². The number of fused-ring (bicyclic) bond motifs is 1. The molecular weight excluding hydrogens is 598 g/mol. The number of hydrogen-bond donors (Lipinski definition) is 3. The predicted molar refractivity (Wildman–Crippen MR) is 181 cm³/mol. The Bertz CT molecular complexity index is 1480. The topological polar surface area (TPSA) is 129 Å². The van der Waals surface area contributed by atoms with Gasteiger partial charge in [-0.15, -0.1) is 0 Å². The second kappa shape index (κ2) is 17.1. The first-order valence-corrected chi connectivity index (χ1v) is 16.3. The van der Waals surface area contributed by atoms with Crippen molar-refractivity contribution in [1.82, 2.24) is 9.80 Å². The quantitative estimate of drug-likeness (QED) is 0.276. The van der Waals surface area contributed by atoms with Gasteiger partial charge in [0.25, 0.3) is 11.8 Å². The molecule has 47 heavy (non-hydrogen) atoms. The summed E-state index contributed by atoms with van der Waals surface area (Å²) in [7, 11) is 1.99. The summed E-state index contributed by atoms with van der Waals surface area (Å²) >= 11 is 0. The van der Waals surface area contributed by atoms with Crippen LogP contribution in [0.3, 0.4) is 0 Å². The van der Waals surface area contributed by atoms with E-state index in [0.717, 1.165) is 24.8 Å². The van der Waals surface area contributed by atoms with Gasteiger partial charge in [-0.25, -0.2) is 4.79 Å². The van der Waals surface area contributed by atoms with Crippen molar-refractivity contribution in [1.29, 1.82) is 0 Å². The van der Waals surface area contributed by atoms with Gasteiger partial charge in [0, 0.05) is 43.4 Å². The molecule has 3 aromatic rings. The lowest BCUT2D eigenvalue weighted by molar-refractivity contribution is -0.0177. The van der Waals surface area contributed by atoms with Crippen molar-refractivity contribution < 1.29 is 34.1 Å². The molecule has 0 aliphatic carbocycles. The van der Waals surface area contributed by atoms with Gasteiger partial charge in [-0.1, -0.05) is 37.3 Å². The number of carboxylic acid groups (broad SMARTS) is 1. The van der Waals surface area contributed by atoms with E-state index in [2.05, 4.69) is 10.2 Å². The molecule has 0 fully saturated rings. The van der Waals surface area contributed by atoms with E-state index in [1.54, 1.807) is 66.4 Å². The third-order valence-corrected chi connectivity index (χ3v) is 8.49. The van der Waals surface area contributed by atoms with Gasteiger partial charge in [-0.05, 0) is 88.2 Å². The first kappa shape index (κ1) is 35.6. The third-order valence-electron chi connectivity index (χ3n) is 8.49. The molecule has 0 saturated heterocycles. The summed E-state index contributed by atoms with van der Waals surface area (Å²) < 4.78 is 12.7. The van der Waals surface area contributed by atoms with E-state index in [1.807, 2.05) is 39.1 Å². The molecule has 3 N–H and O–H groups in total. The van der Waals surface area contributed by atoms with Crippen LogP contribution < -0.4 is 10.1 Å². The molecule has 0 aromatic heterocycles. The Kier molecular flexibility index (Phi) is 12.9. The first-order valence-electron chi connectivity index (χ1n) is 16.3. The van der Waals surface area contributed by atoms with Gasteiger partial charge in [-0.3, -0.25) is 14.5 Å². The predicted octanol–water partition coefficient (Wildman–Crippen LogP) is 5.56. The zero-order valence-electron chi connectivity index (χ0n) is 27.7. The summed E-state index contributed by atoms with van der Waals surface area (Å²) in [4.78, 5) is 42.3. The molecule has 3 aromatic carbocycles.